The van der Waals surface area contributed by atoms with Gasteiger partial charge in [0, 0.05) is 21.9 Å². The smallest absolute Gasteiger partial charge is 0.135 e. The van der Waals surface area contributed by atoms with Crippen molar-refractivity contribution in [1.82, 2.24) is 0 Å². The fourth-order valence-corrected chi connectivity index (χ4v) is 8.82. The third kappa shape index (κ3) is 4.06. The van der Waals surface area contributed by atoms with Gasteiger partial charge in [-0.3, -0.25) is 0 Å². The lowest BCUT2D eigenvalue weighted by Gasteiger charge is -2.26. The molecule has 52 heavy (non-hydrogen) atoms. The Morgan fingerprint density at radius 3 is 1.42 bits per heavy atom. The minimum absolute atomic E-state index is 0.0280. The van der Waals surface area contributed by atoms with E-state index in [0.717, 1.165) is 44.9 Å². The maximum Gasteiger partial charge on any atom is 0.135 e. The first-order chi connectivity index (χ1) is 25.4. The molecule has 0 N–H and O–H groups in total. The number of hydrogen-bond donors (Lipinski definition) is 0. The Hall–Kier alpha value is -6.38. The quantitative estimate of drug-likeness (QED) is 0.171. The Morgan fingerprint density at radius 2 is 0.769 bits per heavy atom. The van der Waals surface area contributed by atoms with E-state index in [2.05, 4.69) is 160 Å². The summed E-state index contributed by atoms with van der Waals surface area (Å²) >= 11 is 0. The molecule has 9 aromatic carbocycles. The lowest BCUT2D eigenvalue weighted by molar-refractivity contribution is 0.487. The summed E-state index contributed by atoms with van der Waals surface area (Å²) in [6.07, 6.45) is 0. The van der Waals surface area contributed by atoms with Crippen LogP contribution in [0.1, 0.15) is 26.3 Å². The molecular formula is C50H34O2. The Kier molecular flexibility index (Phi) is 5.97. The summed E-state index contributed by atoms with van der Waals surface area (Å²) in [7, 11) is 0. The van der Waals surface area contributed by atoms with E-state index < -0.39 is 0 Å². The van der Waals surface area contributed by atoms with E-state index in [1.807, 2.05) is 12.1 Å². The van der Waals surface area contributed by atoms with Gasteiger partial charge in [-0.05, 0) is 113 Å². The van der Waals surface area contributed by atoms with E-state index in [0.29, 0.717) is 0 Å². The van der Waals surface area contributed by atoms with E-state index in [4.69, 9.17) is 9.47 Å². The largest absolute Gasteiger partial charge is 0.456 e. The number of hydrogen-bond acceptors (Lipinski definition) is 2. The molecule has 2 aliphatic rings. The lowest BCUT2D eigenvalue weighted by Crippen LogP contribution is -2.10. The van der Waals surface area contributed by atoms with E-state index in [1.165, 1.54) is 71.3 Å². The van der Waals surface area contributed by atoms with E-state index >= 15 is 0 Å². The maximum atomic E-state index is 6.54. The fraction of sp³-hybridized carbons (Fsp3) is 0.0800. The van der Waals surface area contributed by atoms with Crippen LogP contribution in [0.5, 0.6) is 23.0 Å². The summed E-state index contributed by atoms with van der Waals surface area (Å²) in [6.45, 7) is 6.91. The molecule has 0 atom stereocenters. The molecule has 0 aromatic heterocycles. The molecule has 246 valence electrons. The summed E-state index contributed by atoms with van der Waals surface area (Å²) in [6, 6.07) is 55.1. The van der Waals surface area contributed by atoms with Crippen LogP contribution in [0.25, 0.3) is 87.6 Å². The van der Waals surface area contributed by atoms with Crippen molar-refractivity contribution in [3.8, 4) is 67.5 Å². The fourth-order valence-electron chi connectivity index (χ4n) is 8.82. The van der Waals surface area contributed by atoms with Gasteiger partial charge in [0.15, 0.2) is 0 Å². The van der Waals surface area contributed by atoms with Gasteiger partial charge in [-0.2, -0.15) is 0 Å². The van der Waals surface area contributed by atoms with Crippen LogP contribution < -0.4 is 9.47 Å². The van der Waals surface area contributed by atoms with Crippen molar-refractivity contribution >= 4 is 43.1 Å². The highest BCUT2D eigenvalue weighted by Crippen LogP contribution is 2.54. The third-order valence-electron chi connectivity index (χ3n) is 11.2. The first-order valence-corrected chi connectivity index (χ1v) is 18.1. The number of fused-ring (bicyclic) bond motifs is 6. The van der Waals surface area contributed by atoms with Crippen molar-refractivity contribution in [3.63, 3.8) is 0 Å². The molecule has 0 amide bonds. The average Bonchev–Trinajstić information content (AvgIpc) is 3.17. The molecular weight excluding hydrogens is 633 g/mol. The highest BCUT2D eigenvalue weighted by atomic mass is 16.5. The van der Waals surface area contributed by atoms with Gasteiger partial charge in [0.1, 0.15) is 23.0 Å². The first kappa shape index (κ1) is 29.4. The van der Waals surface area contributed by atoms with Crippen LogP contribution in [0.3, 0.4) is 0 Å². The molecule has 0 saturated carbocycles. The lowest BCUT2D eigenvalue weighted by atomic mass is 9.79. The van der Waals surface area contributed by atoms with Crippen molar-refractivity contribution in [1.29, 1.82) is 0 Å². The molecule has 2 heterocycles. The molecule has 0 unspecified atom stereocenters. The molecule has 2 heteroatoms. The van der Waals surface area contributed by atoms with Crippen molar-refractivity contribution < 1.29 is 9.47 Å². The normalized spacial score (nSPS) is 12.8. The standard InChI is InChI=1S/C50H34O2/c1-50(2,3)29-22-23-40-41(28-29)47(39-26-27-45-48-32(16-10-17-35(39)48)30-12-6-8-19-42(30)52-45)34-15-5-4-14-33(34)46(40)38-25-24-37-31-13-7-9-20-43(31)51-44-21-11-18-36(38)49(37)44/h4-28H,1-3H3. The molecule has 2 nitrogen and oxygen atoms in total. The van der Waals surface area contributed by atoms with Crippen LogP contribution in [0.15, 0.2) is 152 Å². The van der Waals surface area contributed by atoms with Gasteiger partial charge >= 0.3 is 0 Å². The van der Waals surface area contributed by atoms with Crippen LogP contribution in [0.2, 0.25) is 0 Å². The summed E-state index contributed by atoms with van der Waals surface area (Å²) in [5, 5.41) is 9.67. The first-order valence-electron chi connectivity index (χ1n) is 18.1. The highest BCUT2D eigenvalue weighted by molar-refractivity contribution is 6.27. The van der Waals surface area contributed by atoms with Gasteiger partial charge in [-0.1, -0.05) is 136 Å². The molecule has 2 aliphatic heterocycles. The van der Waals surface area contributed by atoms with Gasteiger partial charge in [0.2, 0.25) is 0 Å². The van der Waals surface area contributed by atoms with Crippen LogP contribution in [0, 0.1) is 0 Å². The second kappa shape index (κ2) is 10.6. The Morgan fingerprint density at radius 1 is 0.327 bits per heavy atom. The molecule has 0 radical (unpaired) electrons. The van der Waals surface area contributed by atoms with E-state index in [9.17, 15) is 0 Å². The van der Waals surface area contributed by atoms with Crippen LogP contribution in [-0.4, -0.2) is 0 Å². The molecule has 0 saturated heterocycles. The summed E-state index contributed by atoms with van der Waals surface area (Å²) in [5.74, 6) is 3.61. The summed E-state index contributed by atoms with van der Waals surface area (Å²) in [5.41, 5.74) is 10.9. The number of benzene rings is 9. The van der Waals surface area contributed by atoms with E-state index in [-0.39, 0.29) is 5.41 Å². The zero-order chi connectivity index (χ0) is 34.7. The van der Waals surface area contributed by atoms with Gasteiger partial charge in [0.05, 0.1) is 0 Å². The minimum Gasteiger partial charge on any atom is -0.456 e. The molecule has 0 aliphatic carbocycles. The average molecular weight is 667 g/mol. The molecule has 0 fully saturated rings. The molecule has 0 spiro atoms. The van der Waals surface area contributed by atoms with Crippen molar-refractivity contribution in [3.05, 3.63) is 157 Å². The second-order valence-corrected chi connectivity index (χ2v) is 15.2. The monoisotopic (exact) mass is 666 g/mol. The predicted octanol–water partition coefficient (Wildman–Crippen LogP) is 14.5. The maximum absolute atomic E-state index is 6.54. The van der Waals surface area contributed by atoms with Crippen LogP contribution in [-0.2, 0) is 5.41 Å². The van der Waals surface area contributed by atoms with Crippen LogP contribution in [0.4, 0.5) is 0 Å². The summed E-state index contributed by atoms with van der Waals surface area (Å²) < 4.78 is 13.1. The number of ether oxygens (including phenoxy) is 2. The Balaban J connectivity index is 1.27. The topological polar surface area (TPSA) is 18.5 Å². The Labute approximate surface area is 302 Å². The van der Waals surface area contributed by atoms with Crippen molar-refractivity contribution in [2.24, 2.45) is 0 Å². The van der Waals surface area contributed by atoms with E-state index in [1.54, 1.807) is 0 Å². The Bertz CT molecular complexity index is 3000. The number of rotatable bonds is 2. The molecule has 0 bridgehead atoms. The summed E-state index contributed by atoms with van der Waals surface area (Å²) in [4.78, 5) is 0. The predicted molar refractivity (Wildman–Crippen MR) is 217 cm³/mol. The minimum atomic E-state index is -0.0280. The van der Waals surface area contributed by atoms with Crippen LogP contribution >= 0.6 is 0 Å². The van der Waals surface area contributed by atoms with Gasteiger partial charge in [-0.15, -0.1) is 0 Å². The zero-order valence-electron chi connectivity index (χ0n) is 29.3. The number of para-hydroxylation sites is 2. The van der Waals surface area contributed by atoms with Gasteiger partial charge in [0.25, 0.3) is 0 Å². The zero-order valence-corrected chi connectivity index (χ0v) is 29.3. The van der Waals surface area contributed by atoms with Crippen molar-refractivity contribution in [2.75, 3.05) is 0 Å². The molecule has 9 aromatic rings. The van der Waals surface area contributed by atoms with Gasteiger partial charge < -0.3 is 9.47 Å². The molecule has 11 rings (SSSR count). The second-order valence-electron chi connectivity index (χ2n) is 15.2. The third-order valence-corrected chi connectivity index (χ3v) is 11.2. The SMILES string of the molecule is CC(C)(C)c1ccc2c(-c3ccc4c5c(cccc35)Oc3ccccc3-4)c3ccccc3c(-c3ccc4c5c(cccc35)-c3ccccc3O4)c2c1. The highest BCUT2D eigenvalue weighted by Gasteiger charge is 2.27. The van der Waals surface area contributed by atoms with Crippen molar-refractivity contribution in [2.45, 2.75) is 26.2 Å². The van der Waals surface area contributed by atoms with Gasteiger partial charge in [-0.25, -0.2) is 0 Å².